The van der Waals surface area contributed by atoms with Gasteiger partial charge in [0.25, 0.3) is 0 Å². The maximum absolute atomic E-state index is 12.6. The molecular formula is C22H45N3O7. The van der Waals surface area contributed by atoms with Crippen LogP contribution in [0, 0.1) is 5.92 Å². The normalized spacial score (nSPS) is 18.4. The lowest BCUT2D eigenvalue weighted by atomic mass is 10.1. The largest absolute Gasteiger partial charge is 0.461 e. The minimum atomic E-state index is -0.673. The molecule has 0 radical (unpaired) electrons. The summed E-state index contributed by atoms with van der Waals surface area (Å²) in [6.45, 7) is 13.0. The number of amides is 2. The molecule has 10 nitrogen and oxygen atoms in total. The molecule has 1 aliphatic rings. The summed E-state index contributed by atoms with van der Waals surface area (Å²) in [4.78, 5) is 37.9. The third-order valence-corrected chi connectivity index (χ3v) is 4.67. The van der Waals surface area contributed by atoms with E-state index in [1.807, 2.05) is 13.8 Å². The third-order valence-electron chi connectivity index (χ3n) is 4.67. The Kier molecular flexibility index (Phi) is 14.1. The van der Waals surface area contributed by atoms with Crippen molar-refractivity contribution in [3.8, 4) is 0 Å². The molecule has 190 valence electrons. The number of esters is 1. The van der Waals surface area contributed by atoms with Gasteiger partial charge in [-0.1, -0.05) is 27.7 Å². The van der Waals surface area contributed by atoms with Gasteiger partial charge in [-0.25, -0.2) is 0 Å². The first-order valence-electron chi connectivity index (χ1n) is 11.4. The first-order valence-corrected chi connectivity index (χ1v) is 11.4. The summed E-state index contributed by atoms with van der Waals surface area (Å²) in [6.07, 6.45) is -0.212. The number of likely N-dealkylation sites (tertiary alicyclic amines) is 1. The third kappa shape index (κ3) is 12.3. The number of carbonyl (C=O) groups is 3. The highest BCUT2D eigenvalue weighted by atomic mass is 16.5. The molecule has 2 amide bonds. The van der Waals surface area contributed by atoms with Crippen LogP contribution < -0.4 is 10.6 Å². The lowest BCUT2D eigenvalue weighted by Crippen LogP contribution is -2.47. The Morgan fingerprint density at radius 2 is 1.62 bits per heavy atom. The van der Waals surface area contributed by atoms with Crippen molar-refractivity contribution in [2.24, 2.45) is 5.92 Å². The molecule has 10 heteroatoms. The standard InChI is InChI=1S/C22H41N3O7.2H2/c1-16(2)13-24-22(28)20-12-19(32-18(5)26)14-25(20)21(27)15-31-11-10-30-9-8-29-7-6-23-17(3)4;;/h16-17,19-20,23H,6-15H2,1-5H3,(H,24,28);2*1H. The average molecular weight is 464 g/mol. The summed E-state index contributed by atoms with van der Waals surface area (Å²) < 4.78 is 21.5. The van der Waals surface area contributed by atoms with Crippen LogP contribution in [0.1, 0.15) is 43.9 Å². The van der Waals surface area contributed by atoms with Gasteiger partial charge in [-0.15, -0.1) is 0 Å². The van der Waals surface area contributed by atoms with Crippen molar-refractivity contribution in [1.29, 1.82) is 0 Å². The van der Waals surface area contributed by atoms with E-state index in [-0.39, 0.29) is 40.8 Å². The highest BCUT2D eigenvalue weighted by molar-refractivity contribution is 5.89. The Hall–Kier alpha value is -1.75. The molecule has 2 atom stereocenters. The van der Waals surface area contributed by atoms with Crippen LogP contribution in [0.4, 0.5) is 0 Å². The van der Waals surface area contributed by atoms with Gasteiger partial charge in [-0.3, -0.25) is 14.4 Å². The predicted octanol–water partition coefficient (Wildman–Crippen LogP) is 0.831. The van der Waals surface area contributed by atoms with Crippen LogP contribution in [0.15, 0.2) is 0 Å². The van der Waals surface area contributed by atoms with Gasteiger partial charge in [-0.2, -0.15) is 0 Å². The number of rotatable bonds is 16. The van der Waals surface area contributed by atoms with Crippen molar-refractivity contribution in [3.63, 3.8) is 0 Å². The fraction of sp³-hybridized carbons (Fsp3) is 0.864. The molecule has 2 N–H and O–H groups in total. The monoisotopic (exact) mass is 463 g/mol. The van der Waals surface area contributed by atoms with Crippen molar-refractivity contribution in [2.45, 2.75) is 59.2 Å². The first kappa shape index (κ1) is 28.3. The molecule has 0 aromatic carbocycles. The number of ether oxygens (including phenoxy) is 4. The summed E-state index contributed by atoms with van der Waals surface area (Å²) >= 11 is 0. The van der Waals surface area contributed by atoms with Crippen LogP contribution in [-0.4, -0.2) is 100 Å². The second-order valence-electron chi connectivity index (χ2n) is 8.55. The molecule has 1 saturated heterocycles. The van der Waals surface area contributed by atoms with E-state index < -0.39 is 18.1 Å². The van der Waals surface area contributed by atoms with Crippen LogP contribution >= 0.6 is 0 Å². The van der Waals surface area contributed by atoms with Gasteiger partial charge in [0.2, 0.25) is 11.8 Å². The zero-order valence-electron chi connectivity index (χ0n) is 20.2. The van der Waals surface area contributed by atoms with Crippen LogP contribution in [0.2, 0.25) is 0 Å². The zero-order valence-corrected chi connectivity index (χ0v) is 20.2. The summed E-state index contributed by atoms with van der Waals surface area (Å²) in [6, 6.07) is -0.236. The molecule has 32 heavy (non-hydrogen) atoms. The molecule has 1 heterocycles. The fourth-order valence-electron chi connectivity index (χ4n) is 3.17. The van der Waals surface area contributed by atoms with Crippen molar-refractivity contribution >= 4 is 17.8 Å². The van der Waals surface area contributed by atoms with E-state index in [4.69, 9.17) is 18.9 Å². The van der Waals surface area contributed by atoms with Crippen LogP contribution in [0.3, 0.4) is 0 Å². The smallest absolute Gasteiger partial charge is 0.302 e. The predicted molar refractivity (Wildman–Crippen MR) is 123 cm³/mol. The average Bonchev–Trinajstić information content (AvgIpc) is 3.13. The van der Waals surface area contributed by atoms with Gasteiger partial charge in [0.15, 0.2) is 0 Å². The summed E-state index contributed by atoms with van der Waals surface area (Å²) in [5, 5.41) is 6.11. The Morgan fingerprint density at radius 1 is 1.00 bits per heavy atom. The Morgan fingerprint density at radius 3 is 2.22 bits per heavy atom. The Balaban J connectivity index is 0. The van der Waals surface area contributed by atoms with E-state index in [1.165, 1.54) is 11.8 Å². The first-order chi connectivity index (χ1) is 15.2. The van der Waals surface area contributed by atoms with E-state index in [1.54, 1.807) is 0 Å². The zero-order chi connectivity index (χ0) is 23.9. The minimum absolute atomic E-state index is 0. The summed E-state index contributed by atoms with van der Waals surface area (Å²) in [5.41, 5.74) is 0. The molecule has 0 aromatic heterocycles. The fourth-order valence-corrected chi connectivity index (χ4v) is 3.17. The molecule has 0 aliphatic carbocycles. The van der Waals surface area contributed by atoms with Gasteiger partial charge >= 0.3 is 5.97 Å². The summed E-state index contributed by atoms with van der Waals surface area (Å²) in [7, 11) is 0. The number of nitrogens with one attached hydrogen (secondary N) is 2. The lowest BCUT2D eigenvalue weighted by molar-refractivity contribution is -0.147. The van der Waals surface area contributed by atoms with Crippen molar-refractivity contribution in [2.75, 3.05) is 59.3 Å². The van der Waals surface area contributed by atoms with E-state index in [0.717, 1.165) is 6.54 Å². The highest BCUT2D eigenvalue weighted by Crippen LogP contribution is 2.21. The van der Waals surface area contributed by atoms with E-state index >= 15 is 0 Å². The van der Waals surface area contributed by atoms with Gasteiger partial charge in [-0.05, 0) is 5.92 Å². The highest BCUT2D eigenvalue weighted by Gasteiger charge is 2.40. The number of nitrogens with zero attached hydrogens (tertiary/aromatic N) is 1. The molecule has 2 unspecified atom stereocenters. The Labute approximate surface area is 194 Å². The molecule has 1 fully saturated rings. The van der Waals surface area contributed by atoms with E-state index in [0.29, 0.717) is 44.9 Å². The molecule has 0 bridgehead atoms. The minimum Gasteiger partial charge on any atom is -0.461 e. The number of hydrogen-bond acceptors (Lipinski definition) is 8. The molecule has 1 rings (SSSR count). The quantitative estimate of drug-likeness (QED) is 0.255. The molecular weight excluding hydrogens is 418 g/mol. The maximum atomic E-state index is 12.6. The second-order valence-corrected chi connectivity index (χ2v) is 8.55. The van der Waals surface area contributed by atoms with Gasteiger partial charge < -0.3 is 34.5 Å². The van der Waals surface area contributed by atoms with Gasteiger partial charge in [0.05, 0.1) is 39.6 Å². The lowest BCUT2D eigenvalue weighted by Gasteiger charge is -2.24. The van der Waals surface area contributed by atoms with Crippen LogP contribution in [0.25, 0.3) is 0 Å². The second kappa shape index (κ2) is 16.0. The SMILES string of the molecule is CC(=O)OC1CC(C(=O)NCC(C)C)N(C(=O)COCCOCCOCCNC(C)C)C1.[HH].[HH]. The molecule has 0 aromatic rings. The molecule has 1 aliphatic heterocycles. The van der Waals surface area contributed by atoms with Gasteiger partial charge in [0, 0.05) is 35.3 Å². The number of carbonyl (C=O) groups excluding carboxylic acids is 3. The summed E-state index contributed by atoms with van der Waals surface area (Å²) in [5.74, 6) is -0.697. The van der Waals surface area contributed by atoms with Crippen molar-refractivity contribution in [3.05, 3.63) is 0 Å². The van der Waals surface area contributed by atoms with E-state index in [2.05, 4.69) is 24.5 Å². The molecule has 0 saturated carbocycles. The van der Waals surface area contributed by atoms with Crippen LogP contribution in [0.5, 0.6) is 0 Å². The number of hydrogen-bond donors (Lipinski definition) is 2. The molecule has 0 spiro atoms. The topological polar surface area (TPSA) is 115 Å². The van der Waals surface area contributed by atoms with Crippen molar-refractivity contribution in [1.82, 2.24) is 15.5 Å². The Bertz CT molecular complexity index is 583. The maximum Gasteiger partial charge on any atom is 0.302 e. The van der Waals surface area contributed by atoms with Crippen LogP contribution in [-0.2, 0) is 33.3 Å². The van der Waals surface area contributed by atoms with E-state index in [9.17, 15) is 14.4 Å². The van der Waals surface area contributed by atoms with Gasteiger partial charge in [0.1, 0.15) is 18.8 Å². The van der Waals surface area contributed by atoms with Crippen molar-refractivity contribution < 1.29 is 36.2 Å².